The summed E-state index contributed by atoms with van der Waals surface area (Å²) in [6, 6.07) is 0. The molecule has 0 aliphatic heterocycles. The Labute approximate surface area is 188 Å². The molecule has 0 saturated heterocycles. The van der Waals surface area contributed by atoms with Crippen LogP contribution >= 0.6 is 0 Å². The van der Waals surface area contributed by atoms with Crippen molar-refractivity contribution >= 4 is 0 Å². The van der Waals surface area contributed by atoms with Crippen LogP contribution in [0.4, 0.5) is 0 Å². The Hall–Kier alpha value is -0.0800. The van der Waals surface area contributed by atoms with Crippen molar-refractivity contribution in [1.29, 1.82) is 0 Å². The van der Waals surface area contributed by atoms with E-state index in [0.29, 0.717) is 35.6 Å². The minimum Gasteiger partial charge on any atom is -0.378 e. The number of fused-ring (bicyclic) bond motifs is 2. The van der Waals surface area contributed by atoms with E-state index in [2.05, 4.69) is 48.5 Å². The molecule has 3 saturated carbocycles. The molecular weight excluding hydrogens is 368 g/mol. The highest BCUT2D eigenvalue weighted by Gasteiger charge is 2.40. The van der Waals surface area contributed by atoms with E-state index in [4.69, 9.17) is 9.47 Å². The van der Waals surface area contributed by atoms with Crippen LogP contribution in [0.3, 0.4) is 0 Å². The van der Waals surface area contributed by atoms with E-state index in [1.165, 1.54) is 64.2 Å². The molecule has 3 aliphatic carbocycles. The van der Waals surface area contributed by atoms with E-state index in [-0.39, 0.29) is 0 Å². The van der Waals surface area contributed by atoms with Crippen molar-refractivity contribution in [2.45, 2.75) is 131 Å². The lowest BCUT2D eigenvalue weighted by Crippen LogP contribution is -2.34. The number of hydrogen-bond acceptors (Lipinski definition) is 2. The molecule has 0 N–H and O–H groups in total. The average molecular weight is 421 g/mol. The summed E-state index contributed by atoms with van der Waals surface area (Å²) >= 11 is 0. The van der Waals surface area contributed by atoms with Gasteiger partial charge >= 0.3 is 0 Å². The van der Waals surface area contributed by atoms with E-state index in [1.54, 1.807) is 0 Å². The van der Waals surface area contributed by atoms with Crippen LogP contribution in [0.2, 0.25) is 0 Å². The van der Waals surface area contributed by atoms with Gasteiger partial charge in [-0.15, -0.1) is 0 Å². The van der Waals surface area contributed by atoms with Crippen molar-refractivity contribution in [3.05, 3.63) is 0 Å². The van der Waals surface area contributed by atoms with Gasteiger partial charge in [0.1, 0.15) is 0 Å². The zero-order chi connectivity index (χ0) is 21.9. The first-order chi connectivity index (χ1) is 14.2. The minimum atomic E-state index is 0.390. The molecule has 3 fully saturated rings. The van der Waals surface area contributed by atoms with E-state index in [0.717, 1.165) is 30.3 Å². The number of rotatable bonds is 11. The van der Waals surface area contributed by atoms with Crippen LogP contribution in [-0.2, 0) is 9.47 Å². The van der Waals surface area contributed by atoms with Gasteiger partial charge in [-0.1, -0.05) is 41.0 Å². The highest BCUT2D eigenvalue weighted by Crippen LogP contribution is 2.48. The van der Waals surface area contributed by atoms with Gasteiger partial charge in [-0.3, -0.25) is 0 Å². The fourth-order valence-electron chi connectivity index (χ4n) is 6.50. The van der Waals surface area contributed by atoms with Crippen molar-refractivity contribution in [1.82, 2.24) is 0 Å². The summed E-state index contributed by atoms with van der Waals surface area (Å²) in [7, 11) is 0. The third-order valence-electron chi connectivity index (χ3n) is 9.63. The molecule has 6 atom stereocenters. The topological polar surface area (TPSA) is 18.5 Å². The highest BCUT2D eigenvalue weighted by molar-refractivity contribution is 4.90. The standard InChI is InChI=1S/C28H52O2/c1-19(2)21(4)30-27-12-10-26(11-13-27)28(6,7)15-14-20(3)22(5)29-18-25-17-23-8-9-24(25)16-23/h19-27H,8-18H2,1-7H3/t20?,21-,22-,23?,24?,25?,26?,27?/m1/s1. The van der Waals surface area contributed by atoms with E-state index in [9.17, 15) is 0 Å². The SMILES string of the molecule is CC(C)[C@@H](C)OC1CCC(C(C)(C)CCC(C)[C@@H](C)OCC2CC3CCC2C3)CC1. The molecule has 2 bridgehead atoms. The fraction of sp³-hybridized carbons (Fsp3) is 1.00. The quantitative estimate of drug-likeness (QED) is 0.338. The van der Waals surface area contributed by atoms with Crippen molar-refractivity contribution < 1.29 is 9.47 Å². The Morgan fingerprint density at radius 2 is 1.53 bits per heavy atom. The summed E-state index contributed by atoms with van der Waals surface area (Å²) in [5, 5.41) is 0. The maximum absolute atomic E-state index is 6.40. The van der Waals surface area contributed by atoms with Crippen molar-refractivity contribution in [3.63, 3.8) is 0 Å². The highest BCUT2D eigenvalue weighted by atomic mass is 16.5. The molecule has 2 nitrogen and oxygen atoms in total. The Balaban J connectivity index is 1.34. The van der Waals surface area contributed by atoms with Gasteiger partial charge in [-0.05, 0) is 113 Å². The van der Waals surface area contributed by atoms with Crippen LogP contribution in [0.1, 0.15) is 113 Å². The monoisotopic (exact) mass is 420 g/mol. The fourth-order valence-corrected chi connectivity index (χ4v) is 6.50. The molecule has 0 radical (unpaired) electrons. The van der Waals surface area contributed by atoms with Gasteiger partial charge in [0.25, 0.3) is 0 Å². The lowest BCUT2D eigenvalue weighted by atomic mass is 9.67. The molecule has 176 valence electrons. The normalized spacial score (nSPS) is 35.0. The molecule has 0 heterocycles. The zero-order valence-electron chi connectivity index (χ0n) is 21.3. The second-order valence-electron chi connectivity index (χ2n) is 12.5. The molecule has 3 rings (SSSR count). The molecule has 0 amide bonds. The van der Waals surface area contributed by atoms with Crippen LogP contribution in [0.25, 0.3) is 0 Å². The molecular formula is C28H52O2. The summed E-state index contributed by atoms with van der Waals surface area (Å²) in [4.78, 5) is 0. The minimum absolute atomic E-state index is 0.390. The van der Waals surface area contributed by atoms with Gasteiger partial charge in [-0.2, -0.15) is 0 Å². The first kappa shape index (κ1) is 24.6. The van der Waals surface area contributed by atoms with Gasteiger partial charge < -0.3 is 9.47 Å². The first-order valence-electron chi connectivity index (χ1n) is 13.4. The lowest BCUT2D eigenvalue weighted by Gasteiger charge is -2.41. The molecule has 0 aromatic heterocycles. The average Bonchev–Trinajstić information content (AvgIpc) is 3.34. The Kier molecular flexibility index (Phi) is 8.75. The van der Waals surface area contributed by atoms with Crippen LogP contribution in [0, 0.1) is 40.9 Å². The Morgan fingerprint density at radius 1 is 0.833 bits per heavy atom. The van der Waals surface area contributed by atoms with Crippen molar-refractivity contribution in [2.24, 2.45) is 40.9 Å². The molecule has 2 heteroatoms. The summed E-state index contributed by atoms with van der Waals surface area (Å²) in [5.74, 6) is 5.02. The van der Waals surface area contributed by atoms with Gasteiger partial charge in [-0.25, -0.2) is 0 Å². The van der Waals surface area contributed by atoms with Gasteiger partial charge in [0.2, 0.25) is 0 Å². The maximum Gasteiger partial charge on any atom is 0.0579 e. The molecule has 0 spiro atoms. The Morgan fingerprint density at radius 3 is 2.10 bits per heavy atom. The molecule has 30 heavy (non-hydrogen) atoms. The predicted molar refractivity (Wildman–Crippen MR) is 128 cm³/mol. The van der Waals surface area contributed by atoms with E-state index < -0.39 is 0 Å². The van der Waals surface area contributed by atoms with E-state index in [1.807, 2.05) is 0 Å². The van der Waals surface area contributed by atoms with Gasteiger partial charge in [0.05, 0.1) is 24.9 Å². The van der Waals surface area contributed by atoms with Crippen LogP contribution < -0.4 is 0 Å². The number of ether oxygens (including phenoxy) is 2. The second-order valence-corrected chi connectivity index (χ2v) is 12.5. The zero-order valence-corrected chi connectivity index (χ0v) is 21.3. The third-order valence-corrected chi connectivity index (χ3v) is 9.63. The third kappa shape index (κ3) is 6.47. The molecule has 0 aromatic carbocycles. The summed E-state index contributed by atoms with van der Waals surface area (Å²) < 4.78 is 12.7. The summed E-state index contributed by atoms with van der Waals surface area (Å²) in [6.45, 7) is 17.6. The maximum atomic E-state index is 6.40. The van der Waals surface area contributed by atoms with Crippen molar-refractivity contribution in [3.8, 4) is 0 Å². The smallest absolute Gasteiger partial charge is 0.0579 e. The largest absolute Gasteiger partial charge is 0.378 e. The lowest BCUT2D eigenvalue weighted by molar-refractivity contribution is -0.0568. The number of hydrogen-bond donors (Lipinski definition) is 0. The van der Waals surface area contributed by atoms with Gasteiger partial charge in [0, 0.05) is 0 Å². The first-order valence-corrected chi connectivity index (χ1v) is 13.4. The van der Waals surface area contributed by atoms with Crippen LogP contribution in [-0.4, -0.2) is 24.9 Å². The van der Waals surface area contributed by atoms with Gasteiger partial charge in [0.15, 0.2) is 0 Å². The van der Waals surface area contributed by atoms with Crippen LogP contribution in [0.15, 0.2) is 0 Å². The van der Waals surface area contributed by atoms with E-state index >= 15 is 0 Å². The summed E-state index contributed by atoms with van der Waals surface area (Å²) in [5.41, 5.74) is 0.438. The second kappa shape index (κ2) is 10.7. The molecule has 0 aromatic rings. The summed E-state index contributed by atoms with van der Waals surface area (Å²) in [6.07, 6.45) is 15.0. The van der Waals surface area contributed by atoms with Crippen LogP contribution in [0.5, 0.6) is 0 Å². The Bertz CT molecular complexity index is 505. The molecule has 3 aliphatic rings. The molecule has 4 unspecified atom stereocenters. The predicted octanol–water partition coefficient (Wildman–Crippen LogP) is 7.89. The van der Waals surface area contributed by atoms with Crippen molar-refractivity contribution in [2.75, 3.05) is 6.61 Å².